The highest BCUT2D eigenvalue weighted by atomic mass is 15.2. The maximum Gasteiger partial charge on any atom is 0.0279 e. The molecule has 2 aliphatic rings. The summed E-state index contributed by atoms with van der Waals surface area (Å²) in [4.78, 5) is 2.62. The lowest BCUT2D eigenvalue weighted by Crippen LogP contribution is -2.45. The lowest BCUT2D eigenvalue weighted by atomic mass is 9.84. The molecule has 16 heavy (non-hydrogen) atoms. The molecule has 0 aliphatic carbocycles. The van der Waals surface area contributed by atoms with E-state index in [4.69, 9.17) is 0 Å². The zero-order valence-corrected chi connectivity index (χ0v) is 11.2. The lowest BCUT2D eigenvalue weighted by molar-refractivity contribution is 0.123. The van der Waals surface area contributed by atoms with Gasteiger partial charge in [0.25, 0.3) is 0 Å². The number of likely N-dealkylation sites (N-methyl/N-ethyl adjacent to an activating group) is 1. The van der Waals surface area contributed by atoms with E-state index in [1.54, 1.807) is 0 Å². The second kappa shape index (κ2) is 4.89. The molecule has 2 heterocycles. The topological polar surface area (TPSA) is 15.3 Å². The van der Waals surface area contributed by atoms with Crippen LogP contribution in [0.1, 0.15) is 39.5 Å². The lowest BCUT2D eigenvalue weighted by Gasteiger charge is -2.39. The molecule has 3 unspecified atom stereocenters. The number of rotatable bonds is 3. The predicted octanol–water partition coefficient (Wildman–Crippen LogP) is 2.41. The molecule has 2 fully saturated rings. The van der Waals surface area contributed by atoms with Crippen LogP contribution in [0.5, 0.6) is 0 Å². The van der Waals surface area contributed by atoms with E-state index in [9.17, 15) is 0 Å². The predicted molar refractivity (Wildman–Crippen MR) is 69.6 cm³/mol. The van der Waals surface area contributed by atoms with Crippen LogP contribution in [0, 0.1) is 5.92 Å². The smallest absolute Gasteiger partial charge is 0.0279 e. The van der Waals surface area contributed by atoms with Crippen LogP contribution in [0.25, 0.3) is 0 Å². The number of hydrogen-bond acceptors (Lipinski definition) is 2. The third-order valence-corrected chi connectivity index (χ3v) is 4.49. The normalized spacial score (nSPS) is 36.1. The molecule has 2 bridgehead atoms. The van der Waals surface area contributed by atoms with Crippen molar-refractivity contribution >= 4 is 0 Å². The Hall–Kier alpha value is -0.340. The van der Waals surface area contributed by atoms with Crippen LogP contribution in [0.3, 0.4) is 0 Å². The summed E-state index contributed by atoms with van der Waals surface area (Å²) in [6.45, 7) is 4.40. The third-order valence-electron chi connectivity index (χ3n) is 4.49. The minimum Gasteiger partial charge on any atom is -0.313 e. The highest BCUT2D eigenvalue weighted by Crippen LogP contribution is 2.38. The molecule has 0 aromatic heterocycles. The quantitative estimate of drug-likeness (QED) is 0.738. The summed E-state index contributed by atoms with van der Waals surface area (Å²) in [5.74, 6) is 0.841. The van der Waals surface area contributed by atoms with Crippen LogP contribution in [-0.2, 0) is 0 Å². The summed E-state index contributed by atoms with van der Waals surface area (Å²) in [7, 11) is 4.41. The van der Waals surface area contributed by atoms with Crippen LogP contribution < -0.4 is 5.32 Å². The minimum absolute atomic E-state index is 0.585. The average Bonchev–Trinajstić information content (AvgIpc) is 2.50. The Labute approximate surface area is 100 Å². The van der Waals surface area contributed by atoms with Gasteiger partial charge in [0.1, 0.15) is 0 Å². The molecule has 92 valence electrons. The second-order valence-electron chi connectivity index (χ2n) is 5.84. The summed E-state index contributed by atoms with van der Waals surface area (Å²) < 4.78 is 0. The Morgan fingerprint density at radius 1 is 1.25 bits per heavy atom. The highest BCUT2D eigenvalue weighted by Gasteiger charge is 2.40. The van der Waals surface area contributed by atoms with E-state index in [1.165, 1.54) is 31.3 Å². The summed E-state index contributed by atoms with van der Waals surface area (Å²) >= 11 is 0. The van der Waals surface area contributed by atoms with Crippen LogP contribution in [0.4, 0.5) is 0 Å². The Kier molecular flexibility index (Phi) is 3.70. The van der Waals surface area contributed by atoms with E-state index in [1.807, 2.05) is 0 Å². The first-order valence-corrected chi connectivity index (χ1v) is 6.66. The molecule has 0 aromatic rings. The SMILES string of the molecule is CNC(C=C(C)C)C1CC2CCC(C1)N2C. The highest BCUT2D eigenvalue weighted by molar-refractivity contribution is 5.06. The van der Waals surface area contributed by atoms with Gasteiger partial charge in [0.15, 0.2) is 0 Å². The van der Waals surface area contributed by atoms with Crippen molar-refractivity contribution in [2.24, 2.45) is 5.92 Å². The molecular weight excluding hydrogens is 196 g/mol. The zero-order valence-electron chi connectivity index (χ0n) is 11.2. The van der Waals surface area contributed by atoms with Crippen LogP contribution >= 0.6 is 0 Å². The monoisotopic (exact) mass is 222 g/mol. The largest absolute Gasteiger partial charge is 0.313 e. The second-order valence-corrected chi connectivity index (χ2v) is 5.84. The van der Waals surface area contributed by atoms with Gasteiger partial charge in [-0.1, -0.05) is 11.6 Å². The first-order chi connectivity index (χ1) is 7.61. The van der Waals surface area contributed by atoms with E-state index in [-0.39, 0.29) is 0 Å². The first kappa shape index (κ1) is 12.1. The number of allylic oxidation sites excluding steroid dienone is 1. The van der Waals surface area contributed by atoms with Crippen LogP contribution in [-0.4, -0.2) is 37.1 Å². The fourth-order valence-corrected chi connectivity index (χ4v) is 3.56. The molecule has 0 amide bonds. The minimum atomic E-state index is 0.585. The fraction of sp³-hybridized carbons (Fsp3) is 0.857. The summed E-state index contributed by atoms with van der Waals surface area (Å²) in [6, 6.07) is 2.29. The van der Waals surface area contributed by atoms with Crippen LogP contribution in [0.2, 0.25) is 0 Å². The van der Waals surface area contributed by atoms with Crippen molar-refractivity contribution < 1.29 is 0 Å². The van der Waals surface area contributed by atoms with Crippen molar-refractivity contribution in [1.82, 2.24) is 10.2 Å². The summed E-state index contributed by atoms with van der Waals surface area (Å²) in [5, 5.41) is 3.49. The fourth-order valence-electron chi connectivity index (χ4n) is 3.56. The third kappa shape index (κ3) is 2.33. The van der Waals surface area contributed by atoms with E-state index in [0.29, 0.717) is 6.04 Å². The number of nitrogens with one attached hydrogen (secondary N) is 1. The molecule has 2 nitrogen and oxygen atoms in total. The van der Waals surface area contributed by atoms with Gasteiger partial charge in [-0.15, -0.1) is 0 Å². The van der Waals surface area contributed by atoms with Gasteiger partial charge < -0.3 is 10.2 Å². The molecule has 2 aliphatic heterocycles. The number of fused-ring (bicyclic) bond motifs is 2. The molecule has 2 rings (SSSR count). The number of hydrogen-bond donors (Lipinski definition) is 1. The maximum absolute atomic E-state index is 3.49. The van der Waals surface area contributed by atoms with E-state index in [0.717, 1.165) is 18.0 Å². The van der Waals surface area contributed by atoms with Crippen molar-refractivity contribution in [3.63, 3.8) is 0 Å². The van der Waals surface area contributed by atoms with E-state index in [2.05, 4.69) is 44.2 Å². The van der Waals surface area contributed by atoms with Crippen molar-refractivity contribution in [3.8, 4) is 0 Å². The van der Waals surface area contributed by atoms with Gasteiger partial charge in [-0.3, -0.25) is 0 Å². The molecule has 0 aromatic carbocycles. The first-order valence-electron chi connectivity index (χ1n) is 6.66. The molecule has 0 saturated carbocycles. The van der Waals surface area contributed by atoms with Crippen molar-refractivity contribution in [1.29, 1.82) is 0 Å². The summed E-state index contributed by atoms with van der Waals surface area (Å²) in [6.07, 6.45) is 8.01. The van der Waals surface area contributed by atoms with Crippen LogP contribution in [0.15, 0.2) is 11.6 Å². The van der Waals surface area contributed by atoms with Gasteiger partial charge in [-0.2, -0.15) is 0 Å². The Morgan fingerprint density at radius 3 is 2.25 bits per heavy atom. The zero-order chi connectivity index (χ0) is 11.7. The Bertz CT molecular complexity index is 254. The summed E-state index contributed by atoms with van der Waals surface area (Å²) in [5.41, 5.74) is 1.44. The van der Waals surface area contributed by atoms with Gasteiger partial charge in [-0.25, -0.2) is 0 Å². The van der Waals surface area contributed by atoms with Gasteiger partial charge in [0.2, 0.25) is 0 Å². The van der Waals surface area contributed by atoms with Gasteiger partial charge in [0.05, 0.1) is 0 Å². The molecular formula is C14H26N2. The number of nitrogens with zero attached hydrogens (tertiary/aromatic N) is 1. The standard InChI is InChI=1S/C14H26N2/c1-10(2)7-14(15-3)11-8-12-5-6-13(9-11)16(12)4/h7,11-15H,5-6,8-9H2,1-4H3. The van der Waals surface area contributed by atoms with Crippen molar-refractivity contribution in [2.75, 3.05) is 14.1 Å². The molecule has 1 N–H and O–H groups in total. The van der Waals surface area contributed by atoms with Crippen molar-refractivity contribution in [3.05, 3.63) is 11.6 Å². The average molecular weight is 222 g/mol. The Morgan fingerprint density at radius 2 is 1.81 bits per heavy atom. The van der Waals surface area contributed by atoms with Crippen molar-refractivity contribution in [2.45, 2.75) is 57.7 Å². The molecule has 3 atom stereocenters. The molecule has 2 heteroatoms. The van der Waals surface area contributed by atoms with Gasteiger partial charge in [-0.05, 0) is 59.5 Å². The van der Waals surface area contributed by atoms with E-state index >= 15 is 0 Å². The Balaban J connectivity index is 2.03. The molecule has 0 spiro atoms. The van der Waals surface area contributed by atoms with Gasteiger partial charge in [0, 0.05) is 18.1 Å². The molecule has 0 radical (unpaired) electrons. The molecule has 2 saturated heterocycles. The maximum atomic E-state index is 3.49. The van der Waals surface area contributed by atoms with Gasteiger partial charge >= 0.3 is 0 Å². The number of piperidine rings is 1. The van der Waals surface area contributed by atoms with E-state index < -0.39 is 0 Å².